The zero-order chi connectivity index (χ0) is 14.0. The standard InChI is InChI=1S/C11H11N3O5/c15-8-3-1-2-6(13-8)10(17)14-5-9(16)12-4-7(14)11(18)19/h1-3,7H,4-5H2,(H,12,16)(H,13,15)(H,18,19). The third-order valence-corrected chi connectivity index (χ3v) is 2.73. The predicted octanol–water partition coefficient (Wildman–Crippen LogP) is -1.60. The van der Waals surface area contributed by atoms with Crippen LogP contribution in [0, 0.1) is 0 Å². The molecular weight excluding hydrogens is 254 g/mol. The lowest BCUT2D eigenvalue weighted by atomic mass is 10.1. The van der Waals surface area contributed by atoms with E-state index in [1.54, 1.807) is 0 Å². The summed E-state index contributed by atoms with van der Waals surface area (Å²) >= 11 is 0. The van der Waals surface area contributed by atoms with E-state index in [2.05, 4.69) is 10.3 Å². The fraction of sp³-hybridized carbons (Fsp3) is 0.273. The number of aromatic nitrogens is 1. The third-order valence-electron chi connectivity index (χ3n) is 2.73. The molecule has 100 valence electrons. The van der Waals surface area contributed by atoms with E-state index in [0.717, 1.165) is 4.90 Å². The number of piperazine rings is 1. The van der Waals surface area contributed by atoms with Crippen LogP contribution in [0.15, 0.2) is 23.0 Å². The SMILES string of the molecule is O=C1CN(C(=O)c2cccc(=O)[nH]2)C(C(=O)O)CN1. The Bertz CT molecular complexity index is 594. The van der Waals surface area contributed by atoms with Crippen molar-refractivity contribution in [3.05, 3.63) is 34.2 Å². The Morgan fingerprint density at radius 1 is 1.32 bits per heavy atom. The molecule has 0 spiro atoms. The number of pyridine rings is 1. The van der Waals surface area contributed by atoms with Gasteiger partial charge in [0, 0.05) is 12.6 Å². The quantitative estimate of drug-likeness (QED) is 0.595. The predicted molar refractivity (Wildman–Crippen MR) is 62.5 cm³/mol. The summed E-state index contributed by atoms with van der Waals surface area (Å²) in [6.45, 7) is -0.510. The number of aromatic amines is 1. The van der Waals surface area contributed by atoms with Gasteiger partial charge in [-0.15, -0.1) is 0 Å². The van der Waals surface area contributed by atoms with Crippen molar-refractivity contribution in [2.45, 2.75) is 6.04 Å². The number of carbonyl (C=O) groups excluding carboxylic acids is 2. The lowest BCUT2D eigenvalue weighted by molar-refractivity contribution is -0.144. The molecule has 0 radical (unpaired) electrons. The number of rotatable bonds is 2. The van der Waals surface area contributed by atoms with Crippen LogP contribution >= 0.6 is 0 Å². The van der Waals surface area contributed by atoms with Crippen LogP contribution in [-0.2, 0) is 9.59 Å². The summed E-state index contributed by atoms with van der Waals surface area (Å²) < 4.78 is 0. The molecule has 1 aromatic heterocycles. The minimum Gasteiger partial charge on any atom is -0.480 e. The maximum absolute atomic E-state index is 12.1. The number of amides is 2. The molecule has 1 saturated heterocycles. The van der Waals surface area contributed by atoms with Gasteiger partial charge in [-0.3, -0.25) is 14.4 Å². The normalized spacial score (nSPS) is 18.8. The van der Waals surface area contributed by atoms with E-state index >= 15 is 0 Å². The van der Waals surface area contributed by atoms with Crippen LogP contribution in [0.2, 0.25) is 0 Å². The van der Waals surface area contributed by atoms with Crippen LogP contribution < -0.4 is 10.9 Å². The van der Waals surface area contributed by atoms with Gasteiger partial charge in [0.05, 0.1) is 0 Å². The molecule has 2 amide bonds. The fourth-order valence-corrected chi connectivity index (χ4v) is 1.80. The first-order valence-corrected chi connectivity index (χ1v) is 5.49. The first kappa shape index (κ1) is 12.8. The van der Waals surface area contributed by atoms with Gasteiger partial charge in [0.15, 0.2) is 0 Å². The molecule has 0 saturated carbocycles. The van der Waals surface area contributed by atoms with Gasteiger partial charge < -0.3 is 20.3 Å². The number of aliphatic carboxylic acids is 1. The van der Waals surface area contributed by atoms with Gasteiger partial charge >= 0.3 is 5.97 Å². The van der Waals surface area contributed by atoms with Crippen molar-refractivity contribution in [2.75, 3.05) is 13.1 Å². The van der Waals surface area contributed by atoms with Crippen molar-refractivity contribution in [3.8, 4) is 0 Å². The van der Waals surface area contributed by atoms with E-state index in [1.807, 2.05) is 0 Å². The van der Waals surface area contributed by atoms with Crippen LogP contribution in [0.4, 0.5) is 0 Å². The van der Waals surface area contributed by atoms with E-state index in [-0.39, 0.29) is 18.8 Å². The molecule has 1 atom stereocenters. The van der Waals surface area contributed by atoms with E-state index in [4.69, 9.17) is 5.11 Å². The Kier molecular flexibility index (Phi) is 3.32. The van der Waals surface area contributed by atoms with E-state index < -0.39 is 29.4 Å². The molecule has 0 aliphatic carbocycles. The van der Waals surface area contributed by atoms with Crippen LogP contribution in [0.25, 0.3) is 0 Å². The highest BCUT2D eigenvalue weighted by Gasteiger charge is 2.35. The second-order valence-corrected chi connectivity index (χ2v) is 4.02. The minimum atomic E-state index is -1.22. The summed E-state index contributed by atoms with van der Waals surface area (Å²) in [4.78, 5) is 48.8. The van der Waals surface area contributed by atoms with Crippen LogP contribution in [0.1, 0.15) is 10.5 Å². The number of nitrogens with zero attached hydrogens (tertiary/aromatic N) is 1. The molecule has 0 bridgehead atoms. The molecule has 0 aromatic carbocycles. The molecule has 8 heteroatoms. The van der Waals surface area contributed by atoms with Crippen molar-refractivity contribution in [1.82, 2.24) is 15.2 Å². The fourth-order valence-electron chi connectivity index (χ4n) is 1.80. The molecule has 8 nitrogen and oxygen atoms in total. The Morgan fingerprint density at radius 2 is 2.05 bits per heavy atom. The Labute approximate surface area is 107 Å². The molecular formula is C11H11N3O5. The smallest absolute Gasteiger partial charge is 0.328 e. The Hall–Kier alpha value is -2.64. The minimum absolute atomic E-state index is 0.0477. The number of nitrogens with one attached hydrogen (secondary N) is 2. The zero-order valence-corrected chi connectivity index (χ0v) is 9.75. The van der Waals surface area contributed by atoms with Crippen LogP contribution in [0.3, 0.4) is 0 Å². The number of H-pyrrole nitrogens is 1. The first-order valence-electron chi connectivity index (χ1n) is 5.49. The number of hydrogen-bond acceptors (Lipinski definition) is 4. The van der Waals surface area contributed by atoms with Crippen molar-refractivity contribution < 1.29 is 19.5 Å². The number of carboxylic acids is 1. The first-order chi connectivity index (χ1) is 8.99. The van der Waals surface area contributed by atoms with Crippen LogP contribution in [-0.4, -0.2) is 51.9 Å². The van der Waals surface area contributed by atoms with E-state index in [0.29, 0.717) is 0 Å². The highest BCUT2D eigenvalue weighted by molar-refractivity contribution is 5.98. The molecule has 3 N–H and O–H groups in total. The summed E-state index contributed by atoms with van der Waals surface area (Å²) in [6.07, 6.45) is 0. The largest absolute Gasteiger partial charge is 0.480 e. The lowest BCUT2D eigenvalue weighted by Crippen LogP contribution is -2.59. The second kappa shape index (κ2) is 4.92. The van der Waals surface area contributed by atoms with Crippen molar-refractivity contribution >= 4 is 17.8 Å². The lowest BCUT2D eigenvalue weighted by Gasteiger charge is -2.32. The van der Waals surface area contributed by atoms with Crippen molar-refractivity contribution in [2.24, 2.45) is 0 Å². The van der Waals surface area contributed by atoms with Crippen LogP contribution in [0.5, 0.6) is 0 Å². The Balaban J connectivity index is 2.31. The monoisotopic (exact) mass is 265 g/mol. The van der Waals surface area contributed by atoms with Gasteiger partial charge in [0.25, 0.3) is 5.91 Å². The van der Waals surface area contributed by atoms with Gasteiger partial charge in [0.1, 0.15) is 18.3 Å². The van der Waals surface area contributed by atoms with Gasteiger partial charge in [-0.05, 0) is 6.07 Å². The van der Waals surface area contributed by atoms with E-state index in [1.165, 1.54) is 18.2 Å². The second-order valence-electron chi connectivity index (χ2n) is 4.02. The molecule has 1 unspecified atom stereocenters. The summed E-state index contributed by atoms with van der Waals surface area (Å²) in [5.41, 5.74) is -0.521. The summed E-state index contributed by atoms with van der Waals surface area (Å²) in [7, 11) is 0. The molecule has 1 aliphatic rings. The molecule has 19 heavy (non-hydrogen) atoms. The van der Waals surface area contributed by atoms with Gasteiger partial charge in [0.2, 0.25) is 11.5 Å². The maximum atomic E-state index is 12.1. The maximum Gasteiger partial charge on any atom is 0.328 e. The summed E-state index contributed by atoms with van der Waals surface area (Å²) in [5, 5.41) is 11.4. The van der Waals surface area contributed by atoms with Crippen molar-refractivity contribution in [3.63, 3.8) is 0 Å². The molecule has 2 rings (SSSR count). The third kappa shape index (κ3) is 2.62. The molecule has 2 heterocycles. The van der Waals surface area contributed by atoms with Gasteiger partial charge in [-0.25, -0.2) is 4.79 Å². The molecule has 1 aromatic rings. The highest BCUT2D eigenvalue weighted by atomic mass is 16.4. The topological polar surface area (TPSA) is 120 Å². The molecule has 1 aliphatic heterocycles. The zero-order valence-electron chi connectivity index (χ0n) is 9.75. The molecule has 1 fully saturated rings. The average molecular weight is 265 g/mol. The van der Waals surface area contributed by atoms with Gasteiger partial charge in [-0.1, -0.05) is 6.07 Å². The van der Waals surface area contributed by atoms with Gasteiger partial charge in [-0.2, -0.15) is 0 Å². The number of hydrogen-bond donors (Lipinski definition) is 3. The Morgan fingerprint density at radius 3 is 2.68 bits per heavy atom. The number of carbonyl (C=O) groups is 3. The van der Waals surface area contributed by atoms with E-state index in [9.17, 15) is 19.2 Å². The summed E-state index contributed by atoms with van der Waals surface area (Å²) in [5.74, 6) is -2.35. The summed E-state index contributed by atoms with van der Waals surface area (Å²) in [6, 6.07) is 2.82. The average Bonchev–Trinajstić information content (AvgIpc) is 2.37. The highest BCUT2D eigenvalue weighted by Crippen LogP contribution is 2.09. The number of carboxylic acid groups (broad SMARTS) is 1. The van der Waals surface area contributed by atoms with Crippen molar-refractivity contribution in [1.29, 1.82) is 0 Å².